The molecular formula is C13H16FNO4S. The molecule has 110 valence electrons. The lowest BCUT2D eigenvalue weighted by Gasteiger charge is -2.29. The van der Waals surface area contributed by atoms with Gasteiger partial charge >= 0.3 is 5.97 Å². The summed E-state index contributed by atoms with van der Waals surface area (Å²) in [5.74, 6) is -2.43. The predicted octanol–water partition coefficient (Wildman–Crippen LogP) is 1.45. The Morgan fingerprint density at radius 3 is 2.85 bits per heavy atom. The van der Waals surface area contributed by atoms with Crippen molar-refractivity contribution in [1.29, 1.82) is 0 Å². The van der Waals surface area contributed by atoms with Crippen molar-refractivity contribution < 1.29 is 22.7 Å². The van der Waals surface area contributed by atoms with Gasteiger partial charge in [-0.05, 0) is 30.5 Å². The topological polar surface area (TPSA) is 74.7 Å². The van der Waals surface area contributed by atoms with Crippen LogP contribution in [0.3, 0.4) is 0 Å². The fraction of sp³-hybridized carbons (Fsp3) is 0.462. The van der Waals surface area contributed by atoms with Gasteiger partial charge in [0.2, 0.25) is 10.0 Å². The first-order chi connectivity index (χ1) is 9.38. The highest BCUT2D eigenvalue weighted by Crippen LogP contribution is 2.21. The minimum absolute atomic E-state index is 0.00696. The van der Waals surface area contributed by atoms with Crippen molar-refractivity contribution in [3.05, 3.63) is 35.6 Å². The van der Waals surface area contributed by atoms with Crippen LogP contribution < -0.4 is 0 Å². The first-order valence-corrected chi connectivity index (χ1v) is 7.94. The Bertz CT molecular complexity index is 602. The maximum atomic E-state index is 13.1. The van der Waals surface area contributed by atoms with Crippen molar-refractivity contribution in [2.24, 2.45) is 5.92 Å². The number of nitrogens with zero attached hydrogens (tertiary/aromatic N) is 1. The van der Waals surface area contributed by atoms with E-state index in [0.717, 1.165) is 0 Å². The lowest BCUT2D eigenvalue weighted by Crippen LogP contribution is -2.42. The second kappa shape index (κ2) is 5.88. The lowest BCUT2D eigenvalue weighted by atomic mass is 10.0. The van der Waals surface area contributed by atoms with Crippen LogP contribution in [-0.2, 0) is 20.6 Å². The van der Waals surface area contributed by atoms with Crippen LogP contribution >= 0.6 is 0 Å². The molecular weight excluding hydrogens is 285 g/mol. The summed E-state index contributed by atoms with van der Waals surface area (Å²) in [5, 5.41) is 8.98. The minimum atomic E-state index is -3.62. The van der Waals surface area contributed by atoms with E-state index in [9.17, 15) is 17.6 Å². The summed E-state index contributed by atoms with van der Waals surface area (Å²) < 4.78 is 38.8. The number of carboxylic acids is 1. The second-order valence-corrected chi connectivity index (χ2v) is 6.89. The van der Waals surface area contributed by atoms with Gasteiger partial charge in [0.1, 0.15) is 5.82 Å². The smallest absolute Gasteiger partial charge is 0.307 e. The van der Waals surface area contributed by atoms with E-state index in [1.807, 2.05) is 0 Å². The molecule has 1 heterocycles. The normalized spacial score (nSPS) is 20.8. The highest BCUT2D eigenvalue weighted by molar-refractivity contribution is 7.88. The summed E-state index contributed by atoms with van der Waals surface area (Å²) in [6.07, 6.45) is 1.01. The largest absolute Gasteiger partial charge is 0.481 e. The van der Waals surface area contributed by atoms with Gasteiger partial charge < -0.3 is 5.11 Å². The predicted molar refractivity (Wildman–Crippen MR) is 71.0 cm³/mol. The molecule has 1 saturated heterocycles. The molecule has 1 N–H and O–H groups in total. The summed E-state index contributed by atoms with van der Waals surface area (Å²) in [7, 11) is -3.62. The van der Waals surface area contributed by atoms with Crippen molar-refractivity contribution in [2.75, 3.05) is 13.1 Å². The van der Waals surface area contributed by atoms with Crippen LogP contribution in [0.4, 0.5) is 4.39 Å². The van der Waals surface area contributed by atoms with E-state index in [2.05, 4.69) is 0 Å². The third kappa shape index (κ3) is 3.55. The molecule has 0 radical (unpaired) electrons. The molecule has 7 heteroatoms. The maximum Gasteiger partial charge on any atom is 0.307 e. The van der Waals surface area contributed by atoms with Gasteiger partial charge in [0.05, 0.1) is 11.7 Å². The van der Waals surface area contributed by atoms with Gasteiger partial charge in [-0.3, -0.25) is 4.79 Å². The van der Waals surface area contributed by atoms with Crippen LogP contribution in [-0.4, -0.2) is 36.9 Å². The number of benzene rings is 1. The molecule has 0 spiro atoms. The SMILES string of the molecule is O=C(O)C1CCCN(S(=O)(=O)Cc2cccc(F)c2)C1. The van der Waals surface area contributed by atoms with Crippen LogP contribution in [0.2, 0.25) is 0 Å². The molecule has 2 rings (SSSR count). The zero-order chi connectivity index (χ0) is 14.8. The number of halogens is 1. The average Bonchev–Trinajstić information content (AvgIpc) is 2.38. The number of piperidine rings is 1. The van der Waals surface area contributed by atoms with Crippen molar-refractivity contribution in [1.82, 2.24) is 4.31 Å². The molecule has 1 aliphatic rings. The number of hydrogen-bond donors (Lipinski definition) is 1. The van der Waals surface area contributed by atoms with E-state index >= 15 is 0 Å². The highest BCUT2D eigenvalue weighted by atomic mass is 32.2. The Morgan fingerprint density at radius 1 is 1.45 bits per heavy atom. The summed E-state index contributed by atoms with van der Waals surface area (Å²) >= 11 is 0. The summed E-state index contributed by atoms with van der Waals surface area (Å²) in [6, 6.07) is 5.42. The molecule has 1 unspecified atom stereocenters. The van der Waals surface area contributed by atoms with Gasteiger partial charge in [-0.15, -0.1) is 0 Å². The quantitative estimate of drug-likeness (QED) is 0.913. The van der Waals surface area contributed by atoms with Gasteiger partial charge in [-0.2, -0.15) is 0 Å². The summed E-state index contributed by atoms with van der Waals surface area (Å²) in [6.45, 7) is 0.314. The molecule has 0 aliphatic carbocycles. The number of carbonyl (C=O) groups is 1. The molecule has 1 atom stereocenters. The molecule has 0 aromatic heterocycles. The van der Waals surface area contributed by atoms with E-state index < -0.39 is 27.7 Å². The molecule has 1 aromatic carbocycles. The number of hydrogen-bond acceptors (Lipinski definition) is 3. The molecule has 1 aromatic rings. The van der Waals surface area contributed by atoms with E-state index in [1.54, 1.807) is 6.07 Å². The third-order valence-electron chi connectivity index (χ3n) is 3.36. The number of carboxylic acid groups (broad SMARTS) is 1. The first-order valence-electron chi connectivity index (χ1n) is 6.33. The Morgan fingerprint density at radius 2 is 2.20 bits per heavy atom. The maximum absolute atomic E-state index is 13.1. The Hall–Kier alpha value is -1.47. The van der Waals surface area contributed by atoms with Crippen LogP contribution in [0, 0.1) is 11.7 Å². The summed E-state index contributed by atoms with van der Waals surface area (Å²) in [5.41, 5.74) is 0.363. The average molecular weight is 301 g/mol. The standard InChI is InChI=1S/C13H16FNO4S/c14-12-5-1-3-10(7-12)9-20(18,19)15-6-2-4-11(8-15)13(16)17/h1,3,5,7,11H,2,4,6,8-9H2,(H,16,17). The van der Waals surface area contributed by atoms with Gasteiger partial charge in [0.15, 0.2) is 0 Å². The molecule has 0 amide bonds. The number of aliphatic carboxylic acids is 1. The fourth-order valence-electron chi connectivity index (χ4n) is 2.33. The van der Waals surface area contributed by atoms with Gasteiger partial charge in [-0.25, -0.2) is 17.1 Å². The fourth-order valence-corrected chi connectivity index (χ4v) is 3.92. The van der Waals surface area contributed by atoms with E-state index in [0.29, 0.717) is 24.9 Å². The molecule has 20 heavy (non-hydrogen) atoms. The molecule has 0 saturated carbocycles. The monoisotopic (exact) mass is 301 g/mol. The van der Waals surface area contributed by atoms with Gasteiger partial charge in [0, 0.05) is 13.1 Å². The van der Waals surface area contributed by atoms with E-state index in [4.69, 9.17) is 5.11 Å². The number of sulfonamides is 1. The Balaban J connectivity index is 2.12. The van der Waals surface area contributed by atoms with Crippen molar-refractivity contribution in [2.45, 2.75) is 18.6 Å². The van der Waals surface area contributed by atoms with Gasteiger partial charge in [-0.1, -0.05) is 12.1 Å². The Kier molecular flexibility index (Phi) is 4.39. The van der Waals surface area contributed by atoms with E-state index in [1.165, 1.54) is 22.5 Å². The second-order valence-electron chi connectivity index (χ2n) is 4.92. The van der Waals surface area contributed by atoms with Gasteiger partial charge in [0.25, 0.3) is 0 Å². The summed E-state index contributed by atoms with van der Waals surface area (Å²) in [4.78, 5) is 11.0. The zero-order valence-corrected chi connectivity index (χ0v) is 11.6. The third-order valence-corrected chi connectivity index (χ3v) is 5.18. The first kappa shape index (κ1) is 14.9. The zero-order valence-electron chi connectivity index (χ0n) is 10.8. The van der Waals surface area contributed by atoms with Crippen LogP contribution in [0.15, 0.2) is 24.3 Å². The van der Waals surface area contributed by atoms with Crippen molar-refractivity contribution >= 4 is 16.0 Å². The molecule has 1 aliphatic heterocycles. The number of rotatable bonds is 4. The molecule has 5 nitrogen and oxygen atoms in total. The Labute approximate surface area is 117 Å². The molecule has 1 fully saturated rings. The minimum Gasteiger partial charge on any atom is -0.481 e. The van der Waals surface area contributed by atoms with Crippen LogP contribution in [0.5, 0.6) is 0 Å². The van der Waals surface area contributed by atoms with Crippen molar-refractivity contribution in [3.8, 4) is 0 Å². The van der Waals surface area contributed by atoms with E-state index in [-0.39, 0.29) is 12.3 Å². The van der Waals surface area contributed by atoms with Crippen LogP contribution in [0.25, 0.3) is 0 Å². The molecule has 0 bridgehead atoms. The lowest BCUT2D eigenvalue weighted by molar-refractivity contribution is -0.142. The van der Waals surface area contributed by atoms with Crippen LogP contribution in [0.1, 0.15) is 18.4 Å². The highest BCUT2D eigenvalue weighted by Gasteiger charge is 2.32. The van der Waals surface area contributed by atoms with Crippen molar-refractivity contribution in [3.63, 3.8) is 0 Å².